The number of nitrogens with zero attached hydrogens (tertiary/aromatic N) is 1. The van der Waals surface area contributed by atoms with Gasteiger partial charge >= 0.3 is 0 Å². The van der Waals surface area contributed by atoms with Crippen LogP contribution in [0.4, 0.5) is 0 Å². The van der Waals surface area contributed by atoms with Gasteiger partial charge in [0.15, 0.2) is 0 Å². The van der Waals surface area contributed by atoms with Crippen LogP contribution < -0.4 is 10.1 Å². The molecule has 0 saturated carbocycles. The predicted molar refractivity (Wildman–Crippen MR) is 125 cm³/mol. The van der Waals surface area contributed by atoms with Gasteiger partial charge in [-0.3, -0.25) is 4.79 Å². The van der Waals surface area contributed by atoms with Crippen LogP contribution in [0.2, 0.25) is 0 Å². The molecule has 0 aliphatic heterocycles. The topological polar surface area (TPSA) is 75.7 Å². The van der Waals surface area contributed by atoms with E-state index >= 15 is 0 Å². The van der Waals surface area contributed by atoms with Crippen molar-refractivity contribution in [1.29, 1.82) is 0 Å². The number of amides is 1. The van der Waals surface area contributed by atoms with Gasteiger partial charge < -0.3 is 10.1 Å². The lowest BCUT2D eigenvalue weighted by Gasteiger charge is -2.23. The maximum Gasteiger partial charge on any atom is 0.235 e. The fraction of sp³-hybridized carbons (Fsp3) is 0.458. The van der Waals surface area contributed by atoms with Gasteiger partial charge in [-0.05, 0) is 61.1 Å². The standard InChI is InChI=1S/C24H34N2O4S/c1-16(2)21-13-22(18(4)12-23(21)30-6)19(5)25-24(27)15-26(31(7,28)29)14-20-10-8-17(3)9-11-20/h8-13,16,19H,14-15H2,1-7H3,(H,25,27)/t19-/m1/s1. The number of hydrogen-bond acceptors (Lipinski definition) is 4. The molecule has 0 fully saturated rings. The molecule has 1 atom stereocenters. The lowest BCUT2D eigenvalue weighted by Crippen LogP contribution is -2.40. The van der Waals surface area contributed by atoms with Crippen LogP contribution in [0.25, 0.3) is 0 Å². The molecule has 1 N–H and O–H groups in total. The molecular formula is C24H34N2O4S. The van der Waals surface area contributed by atoms with Crippen LogP contribution in [-0.2, 0) is 21.4 Å². The van der Waals surface area contributed by atoms with Gasteiger partial charge in [-0.25, -0.2) is 8.42 Å². The van der Waals surface area contributed by atoms with Gasteiger partial charge in [-0.2, -0.15) is 4.31 Å². The van der Waals surface area contributed by atoms with Crippen LogP contribution in [0.5, 0.6) is 5.75 Å². The van der Waals surface area contributed by atoms with Crippen LogP contribution in [0.1, 0.15) is 60.5 Å². The zero-order valence-corrected chi connectivity index (χ0v) is 20.3. The quantitative estimate of drug-likeness (QED) is 0.630. The number of carbonyl (C=O) groups is 1. The molecule has 2 rings (SSSR count). The normalized spacial score (nSPS) is 12.8. The number of aryl methyl sites for hydroxylation is 2. The number of carbonyl (C=O) groups excluding carboxylic acids is 1. The first kappa shape index (κ1) is 24.9. The largest absolute Gasteiger partial charge is 0.496 e. The molecule has 31 heavy (non-hydrogen) atoms. The number of hydrogen-bond donors (Lipinski definition) is 1. The van der Waals surface area contributed by atoms with Gasteiger partial charge in [0.25, 0.3) is 0 Å². The maximum absolute atomic E-state index is 12.7. The van der Waals surface area contributed by atoms with E-state index < -0.39 is 10.0 Å². The Morgan fingerprint density at radius 1 is 1.06 bits per heavy atom. The molecule has 0 spiro atoms. The lowest BCUT2D eigenvalue weighted by atomic mass is 9.93. The highest BCUT2D eigenvalue weighted by atomic mass is 32.2. The van der Waals surface area contributed by atoms with Crippen molar-refractivity contribution in [2.24, 2.45) is 0 Å². The summed E-state index contributed by atoms with van der Waals surface area (Å²) in [4.78, 5) is 12.7. The van der Waals surface area contributed by atoms with E-state index in [2.05, 4.69) is 25.2 Å². The average Bonchev–Trinajstić information content (AvgIpc) is 2.67. The molecule has 0 aromatic heterocycles. The Hall–Kier alpha value is -2.38. The third kappa shape index (κ3) is 6.80. The van der Waals surface area contributed by atoms with Crippen molar-refractivity contribution in [3.63, 3.8) is 0 Å². The van der Waals surface area contributed by atoms with Crippen molar-refractivity contribution in [3.05, 3.63) is 64.2 Å². The van der Waals surface area contributed by atoms with Gasteiger partial charge in [0.05, 0.1) is 26.0 Å². The van der Waals surface area contributed by atoms with E-state index in [9.17, 15) is 13.2 Å². The average molecular weight is 447 g/mol. The molecule has 1 amide bonds. The zero-order valence-electron chi connectivity index (χ0n) is 19.5. The van der Waals surface area contributed by atoms with Crippen molar-refractivity contribution in [3.8, 4) is 5.75 Å². The van der Waals surface area contributed by atoms with Gasteiger partial charge in [0, 0.05) is 6.54 Å². The van der Waals surface area contributed by atoms with Crippen molar-refractivity contribution >= 4 is 15.9 Å². The Kier molecular flexibility index (Phi) is 8.26. The molecule has 2 aromatic rings. The Morgan fingerprint density at radius 3 is 2.19 bits per heavy atom. The van der Waals surface area contributed by atoms with E-state index in [1.807, 2.05) is 51.1 Å². The highest BCUT2D eigenvalue weighted by molar-refractivity contribution is 7.88. The van der Waals surface area contributed by atoms with E-state index in [1.54, 1.807) is 7.11 Å². The highest BCUT2D eigenvalue weighted by Crippen LogP contribution is 2.32. The van der Waals surface area contributed by atoms with Gasteiger partial charge in [0.1, 0.15) is 5.75 Å². The summed E-state index contributed by atoms with van der Waals surface area (Å²) < 4.78 is 31.2. The van der Waals surface area contributed by atoms with Crippen LogP contribution in [0.3, 0.4) is 0 Å². The highest BCUT2D eigenvalue weighted by Gasteiger charge is 2.23. The molecule has 2 aromatic carbocycles. The maximum atomic E-state index is 12.7. The van der Waals surface area contributed by atoms with Crippen LogP contribution >= 0.6 is 0 Å². The third-order valence-electron chi connectivity index (χ3n) is 5.35. The molecule has 6 nitrogen and oxygen atoms in total. The van der Waals surface area contributed by atoms with Crippen LogP contribution in [-0.4, -0.2) is 38.5 Å². The minimum atomic E-state index is -3.55. The number of benzene rings is 2. The molecule has 0 saturated heterocycles. The Balaban J connectivity index is 2.17. The smallest absolute Gasteiger partial charge is 0.235 e. The van der Waals surface area contributed by atoms with E-state index in [0.29, 0.717) is 0 Å². The van der Waals surface area contributed by atoms with Crippen molar-refractivity contribution < 1.29 is 17.9 Å². The molecule has 0 heterocycles. The number of nitrogens with one attached hydrogen (secondary N) is 1. The predicted octanol–water partition coefficient (Wildman–Crippen LogP) is 4.07. The fourth-order valence-corrected chi connectivity index (χ4v) is 4.26. The summed E-state index contributed by atoms with van der Waals surface area (Å²) >= 11 is 0. The first-order valence-corrected chi connectivity index (χ1v) is 12.3. The summed E-state index contributed by atoms with van der Waals surface area (Å²) in [5, 5.41) is 2.95. The van der Waals surface area contributed by atoms with E-state index in [4.69, 9.17) is 4.74 Å². The van der Waals surface area contributed by atoms with Crippen LogP contribution in [0, 0.1) is 13.8 Å². The second-order valence-electron chi connectivity index (χ2n) is 8.41. The molecule has 0 aliphatic carbocycles. The van der Waals surface area contributed by atoms with Gasteiger partial charge in [-0.1, -0.05) is 43.7 Å². The Morgan fingerprint density at radius 2 is 1.68 bits per heavy atom. The first-order valence-electron chi connectivity index (χ1n) is 10.4. The van der Waals surface area contributed by atoms with Gasteiger partial charge in [0.2, 0.25) is 15.9 Å². The molecule has 0 aliphatic rings. The summed E-state index contributed by atoms with van der Waals surface area (Å²) in [6, 6.07) is 11.4. The van der Waals surface area contributed by atoms with E-state index in [-0.39, 0.29) is 31.0 Å². The minimum Gasteiger partial charge on any atom is -0.496 e. The second kappa shape index (κ2) is 10.3. The molecule has 0 radical (unpaired) electrons. The Bertz CT molecular complexity index is 1010. The minimum absolute atomic E-state index is 0.153. The SMILES string of the molecule is COc1cc(C)c([C@@H](C)NC(=O)CN(Cc2ccc(C)cc2)S(C)(=O)=O)cc1C(C)C. The monoisotopic (exact) mass is 446 g/mol. The number of methoxy groups -OCH3 is 1. The second-order valence-corrected chi connectivity index (χ2v) is 10.4. The molecule has 0 unspecified atom stereocenters. The summed E-state index contributed by atoms with van der Waals surface area (Å²) in [5.74, 6) is 0.759. The third-order valence-corrected chi connectivity index (χ3v) is 6.55. The molecule has 7 heteroatoms. The molecular weight excluding hydrogens is 412 g/mol. The molecule has 170 valence electrons. The van der Waals surface area contributed by atoms with Crippen LogP contribution in [0.15, 0.2) is 36.4 Å². The number of ether oxygens (including phenoxy) is 1. The first-order chi connectivity index (χ1) is 14.4. The summed E-state index contributed by atoms with van der Waals surface area (Å²) in [7, 11) is -1.90. The summed E-state index contributed by atoms with van der Waals surface area (Å²) in [6.07, 6.45) is 1.13. The Labute approximate surface area is 186 Å². The lowest BCUT2D eigenvalue weighted by molar-refractivity contribution is -0.122. The molecule has 0 bridgehead atoms. The number of sulfonamides is 1. The number of rotatable bonds is 9. The van der Waals surface area contributed by atoms with E-state index in [0.717, 1.165) is 39.8 Å². The van der Waals surface area contributed by atoms with E-state index in [1.165, 1.54) is 4.31 Å². The van der Waals surface area contributed by atoms with Gasteiger partial charge in [-0.15, -0.1) is 0 Å². The summed E-state index contributed by atoms with van der Waals surface area (Å²) in [5.41, 5.74) is 5.00. The zero-order chi connectivity index (χ0) is 23.3. The summed E-state index contributed by atoms with van der Waals surface area (Å²) in [6.45, 7) is 9.96. The van der Waals surface area contributed by atoms with Crippen molar-refractivity contribution in [1.82, 2.24) is 9.62 Å². The van der Waals surface area contributed by atoms with Crippen molar-refractivity contribution in [2.45, 2.75) is 53.1 Å². The fourth-order valence-electron chi connectivity index (χ4n) is 3.52. The van der Waals surface area contributed by atoms with Crippen molar-refractivity contribution in [2.75, 3.05) is 19.9 Å².